The molecule has 0 aromatic heterocycles. The van der Waals surface area contributed by atoms with Crippen LogP contribution in [0.5, 0.6) is 0 Å². The average molecular weight is 329 g/mol. The van der Waals surface area contributed by atoms with E-state index < -0.39 is 0 Å². The quantitative estimate of drug-likeness (QED) is 0.474. The van der Waals surface area contributed by atoms with E-state index in [9.17, 15) is 0 Å². The monoisotopic (exact) mass is 328 g/mol. The van der Waals surface area contributed by atoms with Crippen molar-refractivity contribution in [3.63, 3.8) is 0 Å². The van der Waals surface area contributed by atoms with Crippen LogP contribution >= 0.6 is 0 Å². The summed E-state index contributed by atoms with van der Waals surface area (Å²) in [6, 6.07) is 0. The second-order valence-electron chi connectivity index (χ2n) is 10.6. The summed E-state index contributed by atoms with van der Waals surface area (Å²) in [6.07, 6.45) is 19.0. The van der Waals surface area contributed by atoms with Gasteiger partial charge in [-0.2, -0.15) is 0 Å². The molecule has 4 aliphatic rings. The van der Waals surface area contributed by atoms with Gasteiger partial charge in [-0.15, -0.1) is 0 Å². The summed E-state index contributed by atoms with van der Waals surface area (Å²) in [5, 5.41) is 0. The molecule has 4 rings (SSSR count). The van der Waals surface area contributed by atoms with Crippen molar-refractivity contribution in [3.8, 4) is 0 Å². The Bertz CT molecular complexity index is 502. The molecule has 0 N–H and O–H groups in total. The van der Waals surface area contributed by atoms with Crippen LogP contribution in [0, 0.1) is 40.4 Å². The van der Waals surface area contributed by atoms with Crippen LogP contribution in [0.1, 0.15) is 98.3 Å². The highest BCUT2D eigenvalue weighted by atomic mass is 14.6. The molecule has 0 saturated heterocycles. The van der Waals surface area contributed by atoms with E-state index in [-0.39, 0.29) is 0 Å². The van der Waals surface area contributed by atoms with E-state index in [2.05, 4.69) is 33.8 Å². The van der Waals surface area contributed by atoms with Crippen LogP contribution < -0.4 is 0 Å². The molecule has 4 aliphatic carbocycles. The predicted molar refractivity (Wildman–Crippen MR) is 104 cm³/mol. The Morgan fingerprint density at radius 1 is 1.04 bits per heavy atom. The Labute approximate surface area is 150 Å². The summed E-state index contributed by atoms with van der Waals surface area (Å²) in [5.74, 6) is 5.02. The lowest BCUT2D eigenvalue weighted by atomic mass is 9.47. The maximum Gasteiger partial charge on any atom is -0.00851 e. The Balaban J connectivity index is 1.58. The standard InChI is InChI=1S/C24H40/c1-5-6-7-18-9-11-21-20-10-8-19-16-17(2)12-14-24(19,4)22(20)13-15-23(18,21)3/h8,17-18,20-22H,5-7,9-16H2,1-4H3/t17?,18-,20?,21?,22?,23+,24-/m0/s1. The van der Waals surface area contributed by atoms with Crippen LogP contribution in [0.2, 0.25) is 0 Å². The van der Waals surface area contributed by atoms with Gasteiger partial charge in [-0.1, -0.05) is 52.2 Å². The third kappa shape index (κ3) is 2.45. The van der Waals surface area contributed by atoms with Gasteiger partial charge in [-0.25, -0.2) is 0 Å². The van der Waals surface area contributed by atoms with Crippen LogP contribution in [0.15, 0.2) is 11.6 Å². The van der Waals surface area contributed by atoms with Gasteiger partial charge in [0.15, 0.2) is 0 Å². The van der Waals surface area contributed by atoms with Gasteiger partial charge >= 0.3 is 0 Å². The lowest BCUT2D eigenvalue weighted by Gasteiger charge is -2.58. The predicted octanol–water partition coefficient (Wildman–Crippen LogP) is 7.39. The molecule has 0 spiro atoms. The van der Waals surface area contributed by atoms with Crippen molar-refractivity contribution in [2.45, 2.75) is 98.3 Å². The number of hydrogen-bond acceptors (Lipinski definition) is 0. The van der Waals surface area contributed by atoms with Crippen molar-refractivity contribution in [2.24, 2.45) is 40.4 Å². The molecule has 3 fully saturated rings. The Morgan fingerprint density at radius 3 is 2.67 bits per heavy atom. The Hall–Kier alpha value is -0.260. The molecule has 7 atom stereocenters. The molecule has 136 valence electrons. The topological polar surface area (TPSA) is 0 Å². The second-order valence-corrected chi connectivity index (χ2v) is 10.6. The fourth-order valence-electron chi connectivity index (χ4n) is 7.88. The van der Waals surface area contributed by atoms with E-state index in [0.29, 0.717) is 10.8 Å². The first-order chi connectivity index (χ1) is 11.5. The van der Waals surface area contributed by atoms with Crippen LogP contribution in [0.25, 0.3) is 0 Å². The maximum absolute atomic E-state index is 2.74. The average Bonchev–Trinajstić information content (AvgIpc) is 2.90. The van der Waals surface area contributed by atoms with Gasteiger partial charge in [0.1, 0.15) is 0 Å². The fourth-order valence-corrected chi connectivity index (χ4v) is 7.88. The smallest absolute Gasteiger partial charge is 0.00851 e. The number of fused-ring (bicyclic) bond motifs is 5. The number of allylic oxidation sites excluding steroid dienone is 2. The zero-order valence-corrected chi connectivity index (χ0v) is 16.7. The highest BCUT2D eigenvalue weighted by Gasteiger charge is 2.58. The van der Waals surface area contributed by atoms with E-state index in [1.54, 1.807) is 6.42 Å². The molecule has 0 bridgehead atoms. The van der Waals surface area contributed by atoms with Crippen molar-refractivity contribution >= 4 is 0 Å². The van der Waals surface area contributed by atoms with Crippen LogP contribution in [-0.4, -0.2) is 0 Å². The largest absolute Gasteiger partial charge is 0.0845 e. The molecule has 0 heteroatoms. The molecule has 0 amide bonds. The first-order valence-corrected chi connectivity index (χ1v) is 11.2. The van der Waals surface area contributed by atoms with E-state index in [1.807, 2.05) is 5.57 Å². The summed E-state index contributed by atoms with van der Waals surface area (Å²) < 4.78 is 0. The second kappa shape index (κ2) is 6.17. The minimum absolute atomic E-state index is 0.568. The van der Waals surface area contributed by atoms with Crippen molar-refractivity contribution in [3.05, 3.63) is 11.6 Å². The van der Waals surface area contributed by atoms with Gasteiger partial charge in [0, 0.05) is 0 Å². The molecular formula is C24H40. The SMILES string of the molecule is CCCC[C@H]1CCC2C3CC=C4CC(C)CC[C@]4(C)C3CC[C@@]21C. The molecular weight excluding hydrogens is 288 g/mol. The molecule has 4 unspecified atom stereocenters. The number of hydrogen-bond donors (Lipinski definition) is 0. The normalized spacial score (nSPS) is 50.7. The summed E-state index contributed by atoms with van der Waals surface area (Å²) in [7, 11) is 0. The van der Waals surface area contributed by atoms with Crippen molar-refractivity contribution in [2.75, 3.05) is 0 Å². The Morgan fingerprint density at radius 2 is 1.88 bits per heavy atom. The maximum atomic E-state index is 2.74. The van der Waals surface area contributed by atoms with Crippen molar-refractivity contribution < 1.29 is 0 Å². The molecule has 0 aromatic rings. The zero-order valence-electron chi connectivity index (χ0n) is 16.7. The highest BCUT2D eigenvalue weighted by molar-refractivity contribution is 5.24. The lowest BCUT2D eigenvalue weighted by Crippen LogP contribution is -2.49. The van der Waals surface area contributed by atoms with E-state index in [4.69, 9.17) is 0 Å². The van der Waals surface area contributed by atoms with E-state index in [1.165, 1.54) is 64.2 Å². The van der Waals surface area contributed by atoms with Gasteiger partial charge in [-0.05, 0) is 98.2 Å². The Kier molecular flexibility index (Phi) is 4.41. The van der Waals surface area contributed by atoms with Gasteiger partial charge in [0.25, 0.3) is 0 Å². The van der Waals surface area contributed by atoms with Gasteiger partial charge in [-0.3, -0.25) is 0 Å². The van der Waals surface area contributed by atoms with Crippen molar-refractivity contribution in [1.82, 2.24) is 0 Å². The molecule has 3 saturated carbocycles. The third-order valence-corrected chi connectivity index (χ3v) is 9.45. The van der Waals surface area contributed by atoms with E-state index in [0.717, 1.165) is 29.6 Å². The van der Waals surface area contributed by atoms with Crippen LogP contribution in [0.4, 0.5) is 0 Å². The highest BCUT2D eigenvalue weighted by Crippen LogP contribution is 2.66. The first-order valence-electron chi connectivity index (χ1n) is 11.2. The third-order valence-electron chi connectivity index (χ3n) is 9.45. The summed E-state index contributed by atoms with van der Waals surface area (Å²) >= 11 is 0. The molecule has 0 aliphatic heterocycles. The molecule has 0 heterocycles. The minimum atomic E-state index is 0.568. The van der Waals surface area contributed by atoms with Crippen LogP contribution in [-0.2, 0) is 0 Å². The fraction of sp³-hybridized carbons (Fsp3) is 0.917. The van der Waals surface area contributed by atoms with Crippen molar-refractivity contribution in [1.29, 1.82) is 0 Å². The summed E-state index contributed by atoms with van der Waals surface area (Å²) in [6.45, 7) is 10.2. The van der Waals surface area contributed by atoms with Gasteiger partial charge in [0.05, 0.1) is 0 Å². The van der Waals surface area contributed by atoms with Gasteiger partial charge < -0.3 is 0 Å². The summed E-state index contributed by atoms with van der Waals surface area (Å²) in [4.78, 5) is 0. The zero-order chi connectivity index (χ0) is 16.9. The molecule has 0 radical (unpaired) electrons. The lowest BCUT2D eigenvalue weighted by molar-refractivity contribution is -0.0450. The number of unbranched alkanes of at least 4 members (excludes halogenated alkanes) is 1. The molecule has 0 nitrogen and oxygen atoms in total. The number of rotatable bonds is 3. The molecule has 24 heavy (non-hydrogen) atoms. The van der Waals surface area contributed by atoms with Gasteiger partial charge in [0.2, 0.25) is 0 Å². The summed E-state index contributed by atoms with van der Waals surface area (Å²) in [5.41, 5.74) is 3.12. The van der Waals surface area contributed by atoms with E-state index >= 15 is 0 Å². The minimum Gasteiger partial charge on any atom is -0.0845 e. The molecule has 0 aromatic carbocycles. The van der Waals surface area contributed by atoms with Crippen LogP contribution in [0.3, 0.4) is 0 Å². The first kappa shape index (κ1) is 17.2.